The van der Waals surface area contributed by atoms with Crippen molar-refractivity contribution in [1.82, 2.24) is 0 Å². The summed E-state index contributed by atoms with van der Waals surface area (Å²) in [6.45, 7) is 5.54. The van der Waals surface area contributed by atoms with Gasteiger partial charge in [0.2, 0.25) is 5.78 Å². The number of esters is 1. The van der Waals surface area contributed by atoms with E-state index < -0.39 is 5.97 Å². The molecule has 0 saturated carbocycles. The van der Waals surface area contributed by atoms with Crippen molar-refractivity contribution in [1.29, 1.82) is 0 Å². The van der Waals surface area contributed by atoms with Crippen molar-refractivity contribution in [2.45, 2.75) is 20.8 Å². The Hall–Kier alpha value is -2.20. The Kier molecular flexibility index (Phi) is 5.28. The second kappa shape index (κ2) is 7.18. The molecule has 0 unspecified atom stereocenters. The van der Waals surface area contributed by atoms with Crippen molar-refractivity contribution in [3.63, 3.8) is 0 Å². The van der Waals surface area contributed by atoms with Crippen LogP contribution in [0.25, 0.3) is 6.08 Å². The summed E-state index contributed by atoms with van der Waals surface area (Å²) in [5, 5.41) is 1.93. The number of carbonyl (C=O) groups is 2. The first-order valence-corrected chi connectivity index (χ1v) is 7.84. The van der Waals surface area contributed by atoms with E-state index in [4.69, 9.17) is 4.74 Å². The zero-order valence-electron chi connectivity index (χ0n) is 12.9. The number of carbonyl (C=O) groups excluding carboxylic acids is 2. The third kappa shape index (κ3) is 4.15. The number of hydrogen-bond acceptors (Lipinski definition) is 4. The highest BCUT2D eigenvalue weighted by molar-refractivity contribution is 7.10. The molecule has 2 rings (SSSR count). The fourth-order valence-corrected chi connectivity index (χ4v) is 3.03. The van der Waals surface area contributed by atoms with E-state index in [1.54, 1.807) is 6.08 Å². The summed E-state index contributed by atoms with van der Waals surface area (Å²) >= 11 is 1.53. The molecule has 0 bridgehead atoms. The van der Waals surface area contributed by atoms with Gasteiger partial charge in [-0.05, 0) is 49.4 Å². The number of hydrogen-bond donors (Lipinski definition) is 0. The van der Waals surface area contributed by atoms with E-state index in [2.05, 4.69) is 0 Å². The summed E-state index contributed by atoms with van der Waals surface area (Å²) in [7, 11) is 0. The molecule has 0 saturated heterocycles. The van der Waals surface area contributed by atoms with Crippen LogP contribution in [0.2, 0.25) is 0 Å². The summed E-state index contributed by atoms with van der Waals surface area (Å²) in [5.74, 6) is -0.683. The Morgan fingerprint density at radius 3 is 2.45 bits per heavy atom. The van der Waals surface area contributed by atoms with Crippen LogP contribution in [0.3, 0.4) is 0 Å². The van der Waals surface area contributed by atoms with Gasteiger partial charge in [0, 0.05) is 16.5 Å². The second-order valence-corrected chi connectivity index (χ2v) is 6.13. The lowest BCUT2D eigenvalue weighted by atomic mass is 9.97. The lowest BCUT2D eigenvalue weighted by Gasteiger charge is -2.10. The molecule has 1 aromatic heterocycles. The molecule has 0 fully saturated rings. The van der Waals surface area contributed by atoms with Crippen LogP contribution in [0.4, 0.5) is 0 Å². The molecule has 0 radical (unpaired) electrons. The van der Waals surface area contributed by atoms with Gasteiger partial charge in [-0.1, -0.05) is 23.8 Å². The van der Waals surface area contributed by atoms with Crippen molar-refractivity contribution >= 4 is 29.2 Å². The number of aryl methyl sites for hydroxylation is 3. The van der Waals surface area contributed by atoms with E-state index >= 15 is 0 Å². The molecule has 22 heavy (non-hydrogen) atoms. The molecule has 0 N–H and O–H groups in total. The summed E-state index contributed by atoms with van der Waals surface area (Å²) in [5.41, 5.74) is 3.57. The summed E-state index contributed by atoms with van der Waals surface area (Å²) in [6, 6.07) is 7.72. The van der Waals surface area contributed by atoms with Crippen molar-refractivity contribution < 1.29 is 14.3 Å². The first-order chi connectivity index (χ1) is 10.5. The van der Waals surface area contributed by atoms with E-state index in [-0.39, 0.29) is 12.4 Å². The molecule has 0 aliphatic heterocycles. The lowest BCUT2D eigenvalue weighted by Crippen LogP contribution is -2.15. The third-order valence-corrected chi connectivity index (χ3v) is 4.07. The van der Waals surface area contributed by atoms with Crippen LogP contribution in [-0.2, 0) is 9.53 Å². The molecule has 0 spiro atoms. The van der Waals surface area contributed by atoms with Gasteiger partial charge >= 0.3 is 5.97 Å². The number of Topliss-reactive ketones (excluding diaryl/α,β-unsaturated/α-hetero) is 1. The monoisotopic (exact) mass is 314 g/mol. The lowest BCUT2D eigenvalue weighted by molar-refractivity contribution is -0.136. The standard InChI is InChI=1S/C18H18O3S/c1-12-9-13(2)18(14(3)10-12)16(19)11-21-17(20)7-6-15-5-4-8-22-15/h4-10H,11H2,1-3H3. The number of rotatable bonds is 5. The molecule has 3 nitrogen and oxygen atoms in total. The Labute approximate surface area is 134 Å². The minimum atomic E-state index is -0.510. The van der Waals surface area contributed by atoms with E-state index in [1.807, 2.05) is 50.4 Å². The third-order valence-electron chi connectivity index (χ3n) is 3.23. The highest BCUT2D eigenvalue weighted by atomic mass is 32.1. The van der Waals surface area contributed by atoms with Crippen LogP contribution >= 0.6 is 11.3 Å². The Morgan fingerprint density at radius 1 is 1.18 bits per heavy atom. The maximum atomic E-state index is 12.2. The van der Waals surface area contributed by atoms with Gasteiger partial charge in [-0.2, -0.15) is 0 Å². The van der Waals surface area contributed by atoms with Crippen LogP contribution in [0.5, 0.6) is 0 Å². The molecule has 0 amide bonds. The maximum absolute atomic E-state index is 12.2. The molecule has 4 heteroatoms. The fraction of sp³-hybridized carbons (Fsp3) is 0.222. The molecule has 1 heterocycles. The zero-order valence-corrected chi connectivity index (χ0v) is 13.7. The number of benzene rings is 1. The van der Waals surface area contributed by atoms with Gasteiger partial charge in [-0.15, -0.1) is 11.3 Å². The smallest absolute Gasteiger partial charge is 0.331 e. The molecule has 2 aromatic rings. The van der Waals surface area contributed by atoms with Crippen molar-refractivity contribution in [3.05, 3.63) is 62.9 Å². The SMILES string of the molecule is Cc1cc(C)c(C(=O)COC(=O)C=Cc2cccs2)c(C)c1. The average molecular weight is 314 g/mol. The van der Waals surface area contributed by atoms with Crippen molar-refractivity contribution in [2.75, 3.05) is 6.61 Å². The number of thiophene rings is 1. The Bertz CT molecular complexity index is 689. The summed E-state index contributed by atoms with van der Waals surface area (Å²) in [6.07, 6.45) is 3.02. The van der Waals surface area contributed by atoms with Crippen LogP contribution in [-0.4, -0.2) is 18.4 Å². The normalized spacial score (nSPS) is 10.9. The molecule has 114 valence electrons. The van der Waals surface area contributed by atoms with E-state index in [0.717, 1.165) is 21.6 Å². The second-order valence-electron chi connectivity index (χ2n) is 5.15. The predicted molar refractivity (Wildman–Crippen MR) is 89.3 cm³/mol. The minimum absolute atomic E-state index is 0.173. The Morgan fingerprint density at radius 2 is 1.86 bits per heavy atom. The molecule has 0 aliphatic carbocycles. The maximum Gasteiger partial charge on any atom is 0.331 e. The van der Waals surface area contributed by atoms with Gasteiger partial charge in [0.1, 0.15) is 0 Å². The van der Waals surface area contributed by atoms with Crippen LogP contribution < -0.4 is 0 Å². The molecule has 0 aliphatic rings. The van der Waals surface area contributed by atoms with Gasteiger partial charge in [-0.25, -0.2) is 4.79 Å². The molecule has 0 atom stereocenters. The number of ketones is 1. The van der Waals surface area contributed by atoms with Crippen LogP contribution in [0.1, 0.15) is 31.9 Å². The molecular weight excluding hydrogens is 296 g/mol. The summed E-state index contributed by atoms with van der Waals surface area (Å²) in [4.78, 5) is 24.8. The molecular formula is C18H18O3S. The van der Waals surface area contributed by atoms with E-state index in [0.29, 0.717) is 5.56 Å². The first-order valence-electron chi connectivity index (χ1n) is 6.97. The quantitative estimate of drug-likeness (QED) is 0.474. The van der Waals surface area contributed by atoms with Crippen LogP contribution in [0, 0.1) is 20.8 Å². The minimum Gasteiger partial charge on any atom is -0.454 e. The Balaban J connectivity index is 1.97. The van der Waals surface area contributed by atoms with Gasteiger partial charge in [0.25, 0.3) is 0 Å². The highest BCUT2D eigenvalue weighted by Gasteiger charge is 2.14. The first kappa shape index (κ1) is 16.2. The van der Waals surface area contributed by atoms with E-state index in [9.17, 15) is 9.59 Å². The highest BCUT2D eigenvalue weighted by Crippen LogP contribution is 2.17. The van der Waals surface area contributed by atoms with Gasteiger partial charge in [0.15, 0.2) is 6.61 Å². The molecule has 1 aromatic carbocycles. The van der Waals surface area contributed by atoms with E-state index in [1.165, 1.54) is 17.4 Å². The fourth-order valence-electron chi connectivity index (χ4n) is 2.41. The van der Waals surface area contributed by atoms with Gasteiger partial charge in [0.05, 0.1) is 0 Å². The summed E-state index contributed by atoms with van der Waals surface area (Å²) < 4.78 is 5.03. The van der Waals surface area contributed by atoms with Gasteiger partial charge < -0.3 is 4.74 Å². The average Bonchev–Trinajstić information content (AvgIpc) is 2.95. The zero-order chi connectivity index (χ0) is 16.1. The van der Waals surface area contributed by atoms with Crippen LogP contribution in [0.15, 0.2) is 35.7 Å². The van der Waals surface area contributed by atoms with Crippen molar-refractivity contribution in [3.8, 4) is 0 Å². The van der Waals surface area contributed by atoms with Gasteiger partial charge in [-0.3, -0.25) is 4.79 Å². The van der Waals surface area contributed by atoms with Crippen molar-refractivity contribution in [2.24, 2.45) is 0 Å². The topological polar surface area (TPSA) is 43.4 Å². The number of ether oxygens (including phenoxy) is 1. The predicted octanol–water partition coefficient (Wildman–Crippen LogP) is 4.11. The largest absolute Gasteiger partial charge is 0.454 e.